The van der Waals surface area contributed by atoms with Crippen molar-refractivity contribution in [2.75, 3.05) is 19.0 Å². The van der Waals surface area contributed by atoms with Crippen LogP contribution < -0.4 is 4.90 Å². The summed E-state index contributed by atoms with van der Waals surface area (Å²) in [6.07, 6.45) is 7.21. The Bertz CT molecular complexity index is 1020. The van der Waals surface area contributed by atoms with Crippen molar-refractivity contribution in [3.63, 3.8) is 0 Å². The first kappa shape index (κ1) is 19.4. The average molecular weight is 402 g/mol. The maximum atomic E-state index is 13.5. The van der Waals surface area contributed by atoms with Gasteiger partial charge in [0.2, 0.25) is 0 Å². The molecule has 0 bridgehead atoms. The average Bonchev–Trinajstić information content (AvgIpc) is 2.98. The van der Waals surface area contributed by atoms with Crippen LogP contribution in [0, 0.1) is 17.3 Å². The molecule has 3 aliphatic rings. The lowest BCUT2D eigenvalue weighted by molar-refractivity contribution is -0.127. The molecule has 3 heteroatoms. The molecule has 1 N–H and O–H groups in total. The Hall–Kier alpha value is -2.55. The number of nitrogens with zero attached hydrogens (tertiary/aromatic N) is 1. The number of phenols is 1. The van der Waals surface area contributed by atoms with Crippen molar-refractivity contribution in [1.82, 2.24) is 0 Å². The molecule has 5 rings (SSSR count). The highest BCUT2D eigenvalue weighted by Crippen LogP contribution is 2.60. The highest BCUT2D eigenvalue weighted by atomic mass is 16.3. The number of carbonyl (C=O) groups is 1. The molecule has 30 heavy (non-hydrogen) atoms. The number of carbonyl (C=O) groups excluding carboxylic acids is 1. The number of aromatic hydroxyl groups is 1. The van der Waals surface area contributed by atoms with E-state index in [-0.39, 0.29) is 5.41 Å². The van der Waals surface area contributed by atoms with Gasteiger partial charge in [0.25, 0.3) is 0 Å². The van der Waals surface area contributed by atoms with E-state index in [1.54, 1.807) is 0 Å². The Labute approximate surface area is 179 Å². The van der Waals surface area contributed by atoms with Crippen molar-refractivity contribution in [2.24, 2.45) is 17.3 Å². The number of anilines is 1. The van der Waals surface area contributed by atoms with E-state index in [0.717, 1.165) is 43.2 Å². The fourth-order valence-electron chi connectivity index (χ4n) is 6.44. The number of allylic oxidation sites excluding steroid dienone is 1. The Kier molecular flexibility index (Phi) is 4.53. The van der Waals surface area contributed by atoms with E-state index in [1.807, 2.05) is 26.2 Å². The Balaban J connectivity index is 1.44. The molecule has 3 nitrogen and oxygen atoms in total. The number of fused-ring (bicyclic) bond motifs is 5. The minimum absolute atomic E-state index is 0.217. The topological polar surface area (TPSA) is 40.5 Å². The summed E-state index contributed by atoms with van der Waals surface area (Å²) in [6.45, 7) is 2.22. The predicted molar refractivity (Wildman–Crippen MR) is 122 cm³/mol. The molecule has 2 saturated carbocycles. The van der Waals surface area contributed by atoms with Crippen molar-refractivity contribution in [3.05, 3.63) is 64.7 Å². The summed E-state index contributed by atoms with van der Waals surface area (Å²) in [4.78, 5) is 15.6. The molecule has 2 aromatic rings. The third-order valence-corrected chi connectivity index (χ3v) is 8.10. The zero-order chi connectivity index (χ0) is 21.0. The van der Waals surface area contributed by atoms with Gasteiger partial charge in [-0.2, -0.15) is 0 Å². The highest BCUT2D eigenvalue weighted by molar-refractivity contribution is 6.06. The number of hydrogen-bond acceptors (Lipinski definition) is 3. The summed E-state index contributed by atoms with van der Waals surface area (Å²) in [7, 11) is 4.08. The van der Waals surface area contributed by atoms with E-state index in [0.29, 0.717) is 29.3 Å². The van der Waals surface area contributed by atoms with Crippen LogP contribution in [0.25, 0.3) is 6.08 Å². The maximum Gasteiger partial charge on any atom is 0.165 e. The molecular weight excluding hydrogens is 370 g/mol. The van der Waals surface area contributed by atoms with Gasteiger partial charge < -0.3 is 10.0 Å². The molecule has 2 fully saturated rings. The molecule has 156 valence electrons. The highest BCUT2D eigenvalue weighted by Gasteiger charge is 2.56. The molecule has 4 atom stereocenters. The zero-order valence-corrected chi connectivity index (χ0v) is 18.2. The first-order valence-electron chi connectivity index (χ1n) is 11.2. The van der Waals surface area contributed by atoms with E-state index in [4.69, 9.17) is 0 Å². The van der Waals surface area contributed by atoms with Gasteiger partial charge in [-0.05, 0) is 102 Å². The molecule has 3 unspecified atom stereocenters. The Morgan fingerprint density at radius 3 is 2.60 bits per heavy atom. The third kappa shape index (κ3) is 2.98. The van der Waals surface area contributed by atoms with Crippen molar-refractivity contribution in [1.29, 1.82) is 0 Å². The molecule has 0 amide bonds. The minimum atomic E-state index is -0.217. The monoisotopic (exact) mass is 401 g/mol. The van der Waals surface area contributed by atoms with Gasteiger partial charge >= 0.3 is 0 Å². The molecular formula is C27H31NO2. The lowest BCUT2D eigenvalue weighted by atomic mass is 9.55. The first-order chi connectivity index (χ1) is 14.4. The molecule has 0 heterocycles. The van der Waals surface area contributed by atoms with Crippen LogP contribution in [-0.4, -0.2) is 25.0 Å². The molecule has 0 aromatic heterocycles. The second-order valence-corrected chi connectivity index (χ2v) is 9.94. The van der Waals surface area contributed by atoms with Crippen LogP contribution in [0.5, 0.6) is 5.75 Å². The lowest BCUT2D eigenvalue weighted by Gasteiger charge is -2.48. The van der Waals surface area contributed by atoms with Crippen LogP contribution in [0.4, 0.5) is 5.69 Å². The number of benzene rings is 2. The van der Waals surface area contributed by atoms with Crippen LogP contribution >= 0.6 is 0 Å². The number of hydrogen-bond donors (Lipinski definition) is 1. The maximum absolute atomic E-state index is 13.5. The van der Waals surface area contributed by atoms with Gasteiger partial charge in [-0.1, -0.05) is 25.1 Å². The van der Waals surface area contributed by atoms with E-state index in [9.17, 15) is 9.90 Å². The standard InChI is InChI=1S/C27H31NO2/c1-27-13-12-23-22-11-9-21(29)15-18(22)6-10-24(23)25(27)16-19(26(27)30)14-17-4-7-20(8-5-17)28(2)3/h4-5,7-9,11,14-15,23-25,29H,6,10,12-13,16H2,1-3H3/b19-14+/t23?,24?,25?,27-/m0/s1. The van der Waals surface area contributed by atoms with Crippen molar-refractivity contribution >= 4 is 17.5 Å². The SMILES string of the molecule is CN(C)c1ccc(/C=C2\CC3C4CCc5cc(O)ccc5C4CC[C@]3(C)C2=O)cc1. The van der Waals surface area contributed by atoms with Crippen LogP contribution in [0.15, 0.2) is 48.0 Å². The fourth-order valence-corrected chi connectivity index (χ4v) is 6.44. The molecule has 0 spiro atoms. The van der Waals surface area contributed by atoms with Crippen molar-refractivity contribution in [2.45, 2.75) is 44.9 Å². The van der Waals surface area contributed by atoms with Crippen molar-refractivity contribution < 1.29 is 9.90 Å². The van der Waals surface area contributed by atoms with Gasteiger partial charge in [-0.15, -0.1) is 0 Å². The Morgan fingerprint density at radius 1 is 1.10 bits per heavy atom. The molecule has 0 aliphatic heterocycles. The summed E-state index contributed by atoms with van der Waals surface area (Å²) in [6, 6.07) is 14.4. The van der Waals surface area contributed by atoms with Gasteiger partial charge in [-0.3, -0.25) is 4.79 Å². The van der Waals surface area contributed by atoms with Crippen molar-refractivity contribution in [3.8, 4) is 5.75 Å². The smallest absolute Gasteiger partial charge is 0.165 e. The minimum Gasteiger partial charge on any atom is -0.508 e. The van der Waals surface area contributed by atoms with Crippen LogP contribution in [0.2, 0.25) is 0 Å². The van der Waals surface area contributed by atoms with E-state index >= 15 is 0 Å². The van der Waals surface area contributed by atoms with Gasteiger partial charge in [0.15, 0.2) is 5.78 Å². The number of rotatable bonds is 2. The summed E-state index contributed by atoms with van der Waals surface area (Å²) in [5.41, 5.74) is 5.80. The van der Waals surface area contributed by atoms with E-state index in [1.165, 1.54) is 16.8 Å². The molecule has 3 aliphatic carbocycles. The predicted octanol–water partition coefficient (Wildman–Crippen LogP) is 5.58. The van der Waals surface area contributed by atoms with Crippen LogP contribution in [-0.2, 0) is 11.2 Å². The largest absolute Gasteiger partial charge is 0.508 e. The van der Waals surface area contributed by atoms with Crippen LogP contribution in [0.3, 0.4) is 0 Å². The lowest BCUT2D eigenvalue weighted by Crippen LogP contribution is -2.42. The van der Waals surface area contributed by atoms with Gasteiger partial charge in [0.05, 0.1) is 0 Å². The van der Waals surface area contributed by atoms with Gasteiger partial charge in [0.1, 0.15) is 5.75 Å². The normalized spacial score (nSPS) is 31.2. The number of aryl methyl sites for hydroxylation is 1. The summed E-state index contributed by atoms with van der Waals surface area (Å²) in [5.74, 6) is 2.26. The summed E-state index contributed by atoms with van der Waals surface area (Å²) in [5, 5.41) is 9.88. The van der Waals surface area contributed by atoms with E-state index < -0.39 is 0 Å². The molecule has 2 aromatic carbocycles. The summed E-state index contributed by atoms with van der Waals surface area (Å²) >= 11 is 0. The molecule has 0 radical (unpaired) electrons. The number of phenolic OH excluding ortho intramolecular Hbond substituents is 1. The van der Waals surface area contributed by atoms with Crippen LogP contribution in [0.1, 0.15) is 55.2 Å². The second kappa shape index (κ2) is 7.01. The van der Waals surface area contributed by atoms with Gasteiger partial charge in [-0.25, -0.2) is 0 Å². The summed E-state index contributed by atoms with van der Waals surface area (Å²) < 4.78 is 0. The van der Waals surface area contributed by atoms with Gasteiger partial charge in [0, 0.05) is 25.2 Å². The first-order valence-corrected chi connectivity index (χ1v) is 11.2. The quantitative estimate of drug-likeness (QED) is 0.668. The zero-order valence-electron chi connectivity index (χ0n) is 18.2. The Morgan fingerprint density at radius 2 is 1.87 bits per heavy atom. The molecule has 0 saturated heterocycles. The number of Topliss-reactive ketones (excluding diaryl/α,β-unsaturated/α-hetero) is 1. The second-order valence-electron chi connectivity index (χ2n) is 9.94. The van der Waals surface area contributed by atoms with E-state index in [2.05, 4.69) is 48.2 Å². The fraction of sp³-hybridized carbons (Fsp3) is 0.444. The number of ketones is 1. The third-order valence-electron chi connectivity index (χ3n) is 8.10.